The molecule has 1 heterocycles. The minimum absolute atomic E-state index is 0.186. The largest absolute Gasteiger partial charge is 0.310 e. The standard InChI is InChI=1S/C58H44N2/c1-57(2)48-25-11-7-18-41(48)46-23-15-29-53(55(46)57)59(54-30-16-24-47-42-19-8-12-26-49(42)58(3,4)56(47)54)38-33-31-37(32-34-38)39-35-36-52(43-20-6-5-17-40(39)43)60-50-27-13-9-21-44(50)45-22-10-14-28-51(45)60/h5-36H,1-4H3. The maximum absolute atomic E-state index is 2.56. The average molecular weight is 769 g/mol. The molecule has 12 rings (SSSR count). The van der Waals surface area contributed by atoms with Crippen LogP contribution < -0.4 is 4.90 Å². The number of hydrogen-bond acceptors (Lipinski definition) is 1. The van der Waals surface area contributed by atoms with E-state index < -0.39 is 0 Å². The highest BCUT2D eigenvalue weighted by Crippen LogP contribution is 2.58. The highest BCUT2D eigenvalue weighted by molar-refractivity contribution is 6.11. The van der Waals surface area contributed by atoms with Gasteiger partial charge in [-0.05, 0) is 103 Å². The van der Waals surface area contributed by atoms with Gasteiger partial charge < -0.3 is 9.47 Å². The van der Waals surface area contributed by atoms with Crippen LogP contribution in [0.25, 0.3) is 71.6 Å². The van der Waals surface area contributed by atoms with Crippen molar-refractivity contribution in [2.45, 2.75) is 38.5 Å². The molecule has 0 bridgehead atoms. The summed E-state index contributed by atoms with van der Waals surface area (Å²) in [6, 6.07) is 72.2. The van der Waals surface area contributed by atoms with Gasteiger partial charge in [0, 0.05) is 32.7 Å². The quantitative estimate of drug-likeness (QED) is 0.169. The fraction of sp³-hybridized carbons (Fsp3) is 0.103. The number of rotatable bonds is 5. The molecule has 0 amide bonds. The Morgan fingerprint density at radius 2 is 0.800 bits per heavy atom. The molecule has 10 aromatic rings. The van der Waals surface area contributed by atoms with Gasteiger partial charge in [0.1, 0.15) is 0 Å². The van der Waals surface area contributed by atoms with E-state index >= 15 is 0 Å². The number of para-hydroxylation sites is 2. The summed E-state index contributed by atoms with van der Waals surface area (Å²) in [5.74, 6) is 0. The Balaban J connectivity index is 1.05. The summed E-state index contributed by atoms with van der Waals surface area (Å²) in [7, 11) is 0. The van der Waals surface area contributed by atoms with Crippen LogP contribution in [0.4, 0.5) is 17.1 Å². The van der Waals surface area contributed by atoms with Crippen molar-refractivity contribution in [1.82, 2.24) is 4.57 Å². The molecule has 0 spiro atoms. The third-order valence-electron chi connectivity index (χ3n) is 13.8. The summed E-state index contributed by atoms with van der Waals surface area (Å²) >= 11 is 0. The molecule has 0 fully saturated rings. The zero-order valence-corrected chi connectivity index (χ0v) is 34.4. The van der Waals surface area contributed by atoms with Gasteiger partial charge in [0.2, 0.25) is 0 Å². The van der Waals surface area contributed by atoms with Crippen molar-refractivity contribution in [3.05, 3.63) is 216 Å². The van der Waals surface area contributed by atoms with E-state index in [2.05, 4.69) is 231 Å². The van der Waals surface area contributed by atoms with Gasteiger partial charge in [0.25, 0.3) is 0 Å². The number of fused-ring (bicyclic) bond motifs is 10. The van der Waals surface area contributed by atoms with Gasteiger partial charge in [-0.25, -0.2) is 0 Å². The van der Waals surface area contributed by atoms with Crippen molar-refractivity contribution in [3.8, 4) is 39.1 Å². The molecule has 0 N–H and O–H groups in total. The number of benzene rings is 9. The van der Waals surface area contributed by atoms with Gasteiger partial charge in [-0.15, -0.1) is 0 Å². The van der Waals surface area contributed by atoms with Gasteiger partial charge in [-0.2, -0.15) is 0 Å². The molecule has 286 valence electrons. The van der Waals surface area contributed by atoms with Crippen molar-refractivity contribution in [1.29, 1.82) is 0 Å². The molecule has 1 aromatic heterocycles. The van der Waals surface area contributed by atoms with E-state index in [1.54, 1.807) is 0 Å². The Bertz CT molecular complexity index is 3220. The van der Waals surface area contributed by atoms with Gasteiger partial charge in [-0.3, -0.25) is 0 Å². The van der Waals surface area contributed by atoms with Crippen LogP contribution >= 0.6 is 0 Å². The van der Waals surface area contributed by atoms with Gasteiger partial charge in [0.05, 0.1) is 28.1 Å². The second kappa shape index (κ2) is 12.7. The molecule has 60 heavy (non-hydrogen) atoms. The second-order valence-corrected chi connectivity index (χ2v) is 17.7. The summed E-state index contributed by atoms with van der Waals surface area (Å²) in [6.07, 6.45) is 0. The average Bonchev–Trinajstić information content (AvgIpc) is 3.84. The maximum Gasteiger partial charge on any atom is 0.0541 e. The normalized spacial score (nSPS) is 14.3. The van der Waals surface area contributed by atoms with Crippen molar-refractivity contribution < 1.29 is 0 Å². The van der Waals surface area contributed by atoms with Crippen LogP contribution in [0.15, 0.2) is 194 Å². The molecule has 2 heteroatoms. The molecule has 2 aliphatic carbocycles. The van der Waals surface area contributed by atoms with Crippen molar-refractivity contribution in [2.24, 2.45) is 0 Å². The molecule has 9 aromatic carbocycles. The molecular weight excluding hydrogens is 725 g/mol. The zero-order chi connectivity index (χ0) is 40.3. The third kappa shape index (κ3) is 4.76. The van der Waals surface area contributed by atoms with E-state index in [1.807, 2.05) is 0 Å². The number of anilines is 3. The van der Waals surface area contributed by atoms with Crippen LogP contribution in [0.1, 0.15) is 49.9 Å². The summed E-state index contributed by atoms with van der Waals surface area (Å²) in [4.78, 5) is 2.56. The fourth-order valence-electron chi connectivity index (χ4n) is 11.1. The van der Waals surface area contributed by atoms with E-state index in [9.17, 15) is 0 Å². The predicted octanol–water partition coefficient (Wildman–Crippen LogP) is 15.7. The van der Waals surface area contributed by atoms with E-state index in [1.165, 1.54) is 105 Å². The predicted molar refractivity (Wildman–Crippen MR) is 254 cm³/mol. The lowest BCUT2D eigenvalue weighted by Crippen LogP contribution is -2.23. The lowest BCUT2D eigenvalue weighted by Gasteiger charge is -2.35. The fourth-order valence-corrected chi connectivity index (χ4v) is 11.1. The van der Waals surface area contributed by atoms with E-state index in [-0.39, 0.29) is 10.8 Å². The zero-order valence-electron chi connectivity index (χ0n) is 34.4. The van der Waals surface area contributed by atoms with Crippen LogP contribution in [0.3, 0.4) is 0 Å². The lowest BCUT2D eigenvalue weighted by molar-refractivity contribution is 0.656. The van der Waals surface area contributed by atoms with Gasteiger partial charge in [0.15, 0.2) is 0 Å². The monoisotopic (exact) mass is 768 g/mol. The van der Waals surface area contributed by atoms with Crippen LogP contribution in [0.2, 0.25) is 0 Å². The first-order chi connectivity index (χ1) is 29.3. The Labute approximate surface area is 351 Å². The summed E-state index contributed by atoms with van der Waals surface area (Å²) in [5.41, 5.74) is 20.1. The minimum Gasteiger partial charge on any atom is -0.310 e. The van der Waals surface area contributed by atoms with Crippen molar-refractivity contribution in [2.75, 3.05) is 4.90 Å². The Morgan fingerprint density at radius 1 is 0.350 bits per heavy atom. The van der Waals surface area contributed by atoms with E-state index in [4.69, 9.17) is 0 Å². The van der Waals surface area contributed by atoms with Crippen LogP contribution in [0, 0.1) is 0 Å². The topological polar surface area (TPSA) is 8.17 Å². The molecular formula is C58H44N2. The van der Waals surface area contributed by atoms with E-state index in [0.29, 0.717) is 0 Å². The number of aromatic nitrogens is 1. The Kier molecular flexibility index (Phi) is 7.36. The second-order valence-electron chi connectivity index (χ2n) is 17.7. The van der Waals surface area contributed by atoms with Gasteiger partial charge >= 0.3 is 0 Å². The highest BCUT2D eigenvalue weighted by Gasteiger charge is 2.42. The molecule has 0 saturated carbocycles. The number of nitrogens with zero attached hydrogens (tertiary/aromatic N) is 2. The molecule has 0 atom stereocenters. The van der Waals surface area contributed by atoms with Gasteiger partial charge in [-0.1, -0.05) is 179 Å². The first-order valence-corrected chi connectivity index (χ1v) is 21.2. The maximum atomic E-state index is 2.56. The minimum atomic E-state index is -0.186. The molecule has 0 radical (unpaired) electrons. The molecule has 2 nitrogen and oxygen atoms in total. The van der Waals surface area contributed by atoms with E-state index in [0.717, 1.165) is 5.69 Å². The first-order valence-electron chi connectivity index (χ1n) is 21.2. The summed E-state index contributed by atoms with van der Waals surface area (Å²) in [6.45, 7) is 9.58. The van der Waals surface area contributed by atoms with Crippen LogP contribution in [0.5, 0.6) is 0 Å². The Hall–Kier alpha value is -7.16. The van der Waals surface area contributed by atoms with Crippen LogP contribution in [-0.2, 0) is 10.8 Å². The highest BCUT2D eigenvalue weighted by atomic mass is 15.2. The lowest BCUT2D eigenvalue weighted by atomic mass is 9.80. The summed E-state index contributed by atoms with van der Waals surface area (Å²) in [5, 5.41) is 5.01. The molecule has 0 unspecified atom stereocenters. The van der Waals surface area contributed by atoms with Crippen molar-refractivity contribution in [3.63, 3.8) is 0 Å². The smallest absolute Gasteiger partial charge is 0.0541 e. The van der Waals surface area contributed by atoms with Crippen molar-refractivity contribution >= 4 is 49.6 Å². The Morgan fingerprint density at radius 3 is 1.35 bits per heavy atom. The molecule has 0 aliphatic heterocycles. The molecule has 2 aliphatic rings. The van der Waals surface area contributed by atoms with Crippen LogP contribution in [-0.4, -0.2) is 4.57 Å². The summed E-state index contributed by atoms with van der Waals surface area (Å²) < 4.78 is 2.44. The number of hydrogen-bond donors (Lipinski definition) is 0. The molecule has 0 saturated heterocycles. The first kappa shape index (κ1) is 34.8. The third-order valence-corrected chi connectivity index (χ3v) is 13.8. The SMILES string of the molecule is CC1(C)c2ccccc2-c2cccc(N(c3ccc(-c4ccc(-n5c6ccccc6c6ccccc65)c5ccccc45)cc3)c3cccc4c3C(C)(C)c3ccccc3-4)c21.